The second kappa shape index (κ2) is 8.96. The first-order valence-corrected chi connectivity index (χ1v) is 10.6. The molecule has 156 valence electrons. The van der Waals surface area contributed by atoms with E-state index in [1.807, 2.05) is 20.8 Å². The van der Waals surface area contributed by atoms with Gasteiger partial charge in [-0.15, -0.1) is 0 Å². The summed E-state index contributed by atoms with van der Waals surface area (Å²) in [5, 5.41) is 15.1. The molecule has 1 aromatic carbocycles. The summed E-state index contributed by atoms with van der Waals surface area (Å²) in [6.45, 7) is 7.58. The second-order valence-electron chi connectivity index (χ2n) is 9.43. The van der Waals surface area contributed by atoms with Crippen LogP contribution >= 0.6 is 0 Å². The molecule has 1 heterocycles. The molecule has 2 amide bonds. The van der Waals surface area contributed by atoms with Gasteiger partial charge in [0.2, 0.25) is 5.91 Å². The van der Waals surface area contributed by atoms with Gasteiger partial charge >= 0.3 is 0 Å². The van der Waals surface area contributed by atoms with E-state index in [1.54, 1.807) is 24.3 Å². The van der Waals surface area contributed by atoms with E-state index < -0.39 is 0 Å². The topological polar surface area (TPSA) is 85.2 Å². The lowest BCUT2D eigenvalue weighted by molar-refractivity contribution is -0.123. The maximum absolute atomic E-state index is 12.5. The highest BCUT2D eigenvalue weighted by atomic mass is 16.2. The van der Waals surface area contributed by atoms with E-state index in [1.165, 1.54) is 12.8 Å². The molecule has 0 aromatic heterocycles. The number of carbonyl (C=O) groups is 2. The van der Waals surface area contributed by atoms with Gasteiger partial charge in [-0.25, -0.2) is 0 Å². The van der Waals surface area contributed by atoms with Crippen molar-refractivity contribution in [3.63, 3.8) is 0 Å². The fraction of sp³-hybridized carbons (Fsp3) is 0.609. The first kappa shape index (κ1) is 21.3. The SMILES string of the molecule is CC(C)(C)NC(=O)C[C@H]1CC[C@@H](CNC(=O)c2cccc(C#N)c2)N1CC1CC1. The van der Waals surface area contributed by atoms with Crippen LogP contribution in [0, 0.1) is 17.2 Å². The molecule has 1 saturated heterocycles. The van der Waals surface area contributed by atoms with Crippen LogP contribution in [0.5, 0.6) is 0 Å². The largest absolute Gasteiger partial charge is 0.351 e. The minimum atomic E-state index is -0.220. The molecule has 2 aliphatic rings. The molecule has 1 saturated carbocycles. The lowest BCUT2D eigenvalue weighted by Gasteiger charge is -2.31. The molecule has 2 fully saturated rings. The lowest BCUT2D eigenvalue weighted by atomic mass is 10.1. The molecule has 3 rings (SSSR count). The highest BCUT2D eigenvalue weighted by molar-refractivity contribution is 5.94. The number of likely N-dealkylation sites (tertiary alicyclic amines) is 1. The summed E-state index contributed by atoms with van der Waals surface area (Å²) in [7, 11) is 0. The van der Waals surface area contributed by atoms with Gasteiger partial charge in [0.25, 0.3) is 5.91 Å². The Kier molecular flexibility index (Phi) is 6.59. The van der Waals surface area contributed by atoms with Crippen molar-refractivity contribution in [2.75, 3.05) is 13.1 Å². The van der Waals surface area contributed by atoms with Gasteiger partial charge in [-0.1, -0.05) is 6.07 Å². The van der Waals surface area contributed by atoms with Crippen LogP contribution < -0.4 is 10.6 Å². The summed E-state index contributed by atoms with van der Waals surface area (Å²) in [6, 6.07) is 9.33. The third-order valence-corrected chi connectivity index (χ3v) is 5.62. The Bertz CT molecular complexity index is 789. The fourth-order valence-electron chi connectivity index (χ4n) is 4.08. The highest BCUT2D eigenvalue weighted by Crippen LogP contribution is 2.35. The molecule has 0 spiro atoms. The molecule has 1 aliphatic heterocycles. The van der Waals surface area contributed by atoms with Crippen molar-refractivity contribution in [2.45, 2.75) is 70.5 Å². The van der Waals surface area contributed by atoms with Crippen LogP contribution in [0.15, 0.2) is 24.3 Å². The number of benzene rings is 1. The van der Waals surface area contributed by atoms with Crippen LogP contribution in [-0.4, -0.2) is 47.4 Å². The van der Waals surface area contributed by atoms with Gasteiger partial charge in [0.05, 0.1) is 11.6 Å². The van der Waals surface area contributed by atoms with Gasteiger partial charge in [-0.3, -0.25) is 14.5 Å². The maximum atomic E-state index is 12.5. The number of hydrogen-bond acceptors (Lipinski definition) is 4. The first-order chi connectivity index (χ1) is 13.7. The van der Waals surface area contributed by atoms with E-state index >= 15 is 0 Å². The molecule has 29 heavy (non-hydrogen) atoms. The second-order valence-corrected chi connectivity index (χ2v) is 9.43. The summed E-state index contributed by atoms with van der Waals surface area (Å²) in [5.74, 6) is 0.676. The van der Waals surface area contributed by atoms with Crippen molar-refractivity contribution in [1.82, 2.24) is 15.5 Å². The number of rotatable bonds is 7. The summed E-state index contributed by atoms with van der Waals surface area (Å²) in [6.07, 6.45) is 5.00. The zero-order valence-electron chi connectivity index (χ0n) is 17.7. The minimum absolute atomic E-state index is 0.0984. The monoisotopic (exact) mass is 396 g/mol. The summed E-state index contributed by atoms with van der Waals surface area (Å²) in [4.78, 5) is 27.4. The Hall–Kier alpha value is -2.39. The Morgan fingerprint density at radius 1 is 1.17 bits per heavy atom. The van der Waals surface area contributed by atoms with E-state index in [4.69, 9.17) is 5.26 Å². The number of carbonyl (C=O) groups excluding carboxylic acids is 2. The number of nitriles is 1. The van der Waals surface area contributed by atoms with Crippen molar-refractivity contribution in [3.05, 3.63) is 35.4 Å². The molecule has 2 N–H and O–H groups in total. The molecule has 0 radical (unpaired) electrons. The summed E-state index contributed by atoms with van der Waals surface area (Å²) >= 11 is 0. The Morgan fingerprint density at radius 3 is 2.55 bits per heavy atom. The molecule has 6 heteroatoms. The van der Waals surface area contributed by atoms with Gasteiger partial charge in [0.15, 0.2) is 0 Å². The van der Waals surface area contributed by atoms with E-state index in [0.29, 0.717) is 24.1 Å². The third kappa shape index (κ3) is 6.30. The van der Waals surface area contributed by atoms with Crippen LogP contribution in [0.1, 0.15) is 68.8 Å². The Balaban J connectivity index is 1.58. The zero-order chi connectivity index (χ0) is 21.0. The van der Waals surface area contributed by atoms with E-state index in [2.05, 4.69) is 21.6 Å². The van der Waals surface area contributed by atoms with Crippen molar-refractivity contribution in [2.24, 2.45) is 5.92 Å². The predicted molar refractivity (Wildman–Crippen MR) is 112 cm³/mol. The first-order valence-electron chi connectivity index (χ1n) is 10.6. The van der Waals surface area contributed by atoms with Crippen molar-refractivity contribution in [3.8, 4) is 6.07 Å². The van der Waals surface area contributed by atoms with Crippen LogP contribution in [0.2, 0.25) is 0 Å². The van der Waals surface area contributed by atoms with E-state index in [9.17, 15) is 9.59 Å². The smallest absolute Gasteiger partial charge is 0.251 e. The van der Waals surface area contributed by atoms with Crippen LogP contribution in [-0.2, 0) is 4.79 Å². The number of nitrogens with zero attached hydrogens (tertiary/aromatic N) is 2. The average Bonchev–Trinajstić information content (AvgIpc) is 3.41. The van der Waals surface area contributed by atoms with Gasteiger partial charge in [-0.2, -0.15) is 5.26 Å². The zero-order valence-corrected chi connectivity index (χ0v) is 17.7. The molecule has 6 nitrogen and oxygen atoms in total. The molecular formula is C23H32N4O2. The van der Waals surface area contributed by atoms with E-state index in [-0.39, 0.29) is 29.4 Å². The Morgan fingerprint density at radius 2 is 1.90 bits per heavy atom. The van der Waals surface area contributed by atoms with Crippen molar-refractivity contribution in [1.29, 1.82) is 5.26 Å². The molecular weight excluding hydrogens is 364 g/mol. The molecule has 2 atom stereocenters. The standard InChI is InChI=1S/C23H32N4O2/c1-23(2,3)26-21(28)12-19-9-10-20(27(19)15-16-7-8-16)14-25-22(29)18-6-4-5-17(11-18)13-24/h4-6,11,16,19-20H,7-10,12,14-15H2,1-3H3,(H,25,29)(H,26,28)/t19-,20+/m1/s1. The van der Waals surface area contributed by atoms with Gasteiger partial charge in [-0.05, 0) is 70.6 Å². The highest BCUT2D eigenvalue weighted by Gasteiger charge is 2.38. The van der Waals surface area contributed by atoms with E-state index in [0.717, 1.165) is 25.3 Å². The third-order valence-electron chi connectivity index (χ3n) is 5.62. The van der Waals surface area contributed by atoms with Gasteiger partial charge < -0.3 is 10.6 Å². The predicted octanol–water partition coefficient (Wildman–Crippen LogP) is 2.84. The molecule has 1 aliphatic carbocycles. The number of amides is 2. The summed E-state index contributed by atoms with van der Waals surface area (Å²) in [5.41, 5.74) is 0.776. The van der Waals surface area contributed by atoms with Gasteiger partial charge in [0, 0.05) is 42.7 Å². The number of nitrogens with one attached hydrogen (secondary N) is 2. The van der Waals surface area contributed by atoms with Gasteiger partial charge in [0.1, 0.15) is 0 Å². The van der Waals surface area contributed by atoms with Crippen LogP contribution in [0.3, 0.4) is 0 Å². The Labute approximate surface area is 173 Å². The van der Waals surface area contributed by atoms with Crippen LogP contribution in [0.25, 0.3) is 0 Å². The lowest BCUT2D eigenvalue weighted by Crippen LogP contribution is -2.47. The maximum Gasteiger partial charge on any atom is 0.251 e. The van der Waals surface area contributed by atoms with Crippen molar-refractivity contribution < 1.29 is 9.59 Å². The minimum Gasteiger partial charge on any atom is -0.351 e. The summed E-state index contributed by atoms with van der Waals surface area (Å²) < 4.78 is 0. The molecule has 0 unspecified atom stereocenters. The average molecular weight is 397 g/mol. The van der Waals surface area contributed by atoms with Crippen molar-refractivity contribution >= 4 is 11.8 Å². The number of hydrogen-bond donors (Lipinski definition) is 2. The molecule has 1 aromatic rings. The van der Waals surface area contributed by atoms with Crippen LogP contribution in [0.4, 0.5) is 0 Å². The normalized spacial score (nSPS) is 22.1. The quantitative estimate of drug-likeness (QED) is 0.742. The fourth-order valence-corrected chi connectivity index (χ4v) is 4.08. The molecule has 0 bridgehead atoms.